The lowest BCUT2D eigenvalue weighted by molar-refractivity contribution is 0.590. The number of nitrogens with zero attached hydrogens (tertiary/aromatic N) is 5. The zero-order chi connectivity index (χ0) is 14.2. The average molecular weight is 298 g/mol. The summed E-state index contributed by atoms with van der Waals surface area (Å²) in [5.41, 5.74) is 3.24. The van der Waals surface area contributed by atoms with Gasteiger partial charge >= 0.3 is 0 Å². The zero-order valence-electron chi connectivity index (χ0n) is 11.5. The number of aromatic nitrogens is 5. The quantitative estimate of drug-likeness (QED) is 0.625. The fraction of sp³-hybridized carbons (Fsp3) is 0.214. The highest BCUT2D eigenvalue weighted by atomic mass is 32.1. The Balaban J connectivity index is 1.69. The third-order valence-electron chi connectivity index (χ3n) is 3.63. The molecule has 6 nitrogen and oxygen atoms in total. The molecular weight excluding hydrogens is 284 g/mol. The average Bonchev–Trinajstić information content (AvgIpc) is 3.18. The Bertz CT molecular complexity index is 860. The van der Waals surface area contributed by atoms with Gasteiger partial charge in [0.15, 0.2) is 4.96 Å². The van der Waals surface area contributed by atoms with Gasteiger partial charge in [-0.3, -0.25) is 9.38 Å². The molecule has 0 bridgehead atoms. The van der Waals surface area contributed by atoms with E-state index in [2.05, 4.69) is 31.0 Å². The predicted molar refractivity (Wildman–Crippen MR) is 81.6 cm³/mol. The molecule has 0 aliphatic carbocycles. The number of nitrogens with one attached hydrogen (secondary N) is 1. The van der Waals surface area contributed by atoms with Crippen molar-refractivity contribution in [2.24, 2.45) is 0 Å². The van der Waals surface area contributed by atoms with Crippen LogP contribution in [0.5, 0.6) is 0 Å². The Labute approximate surface area is 125 Å². The van der Waals surface area contributed by atoms with Crippen LogP contribution in [0.25, 0.3) is 10.5 Å². The summed E-state index contributed by atoms with van der Waals surface area (Å²) in [7, 11) is 1.96. The molecule has 0 saturated carbocycles. The van der Waals surface area contributed by atoms with Gasteiger partial charge in [-0.25, -0.2) is 9.50 Å². The number of hydrogen-bond acceptors (Lipinski definition) is 5. The van der Waals surface area contributed by atoms with Crippen molar-refractivity contribution in [1.82, 2.24) is 29.3 Å². The van der Waals surface area contributed by atoms with E-state index >= 15 is 0 Å². The lowest BCUT2D eigenvalue weighted by Crippen LogP contribution is -2.18. The van der Waals surface area contributed by atoms with Gasteiger partial charge in [0.25, 0.3) is 0 Å². The van der Waals surface area contributed by atoms with Crippen LogP contribution >= 0.6 is 11.3 Å². The molecule has 0 aromatic carbocycles. The molecule has 0 fully saturated rings. The molecule has 0 spiro atoms. The summed E-state index contributed by atoms with van der Waals surface area (Å²) in [5, 5.41) is 9.77. The minimum absolute atomic E-state index is 0.163. The van der Waals surface area contributed by atoms with Crippen molar-refractivity contribution in [1.29, 1.82) is 0 Å². The van der Waals surface area contributed by atoms with E-state index < -0.39 is 0 Å². The van der Waals surface area contributed by atoms with Crippen LogP contribution in [-0.4, -0.2) is 31.0 Å². The maximum atomic E-state index is 4.65. The summed E-state index contributed by atoms with van der Waals surface area (Å²) in [6.45, 7) is 0. The molecule has 0 radical (unpaired) electrons. The van der Waals surface area contributed by atoms with Crippen LogP contribution in [0.3, 0.4) is 0 Å². The lowest BCUT2D eigenvalue weighted by atomic mass is 10.0. The largest absolute Gasteiger partial charge is 0.313 e. The van der Waals surface area contributed by atoms with Crippen molar-refractivity contribution in [3.05, 3.63) is 53.8 Å². The summed E-state index contributed by atoms with van der Waals surface area (Å²) in [6.07, 6.45) is 12.3. The summed E-state index contributed by atoms with van der Waals surface area (Å²) in [5.74, 6) is 0. The van der Waals surface area contributed by atoms with Gasteiger partial charge in [-0.05, 0) is 7.05 Å². The first-order chi connectivity index (χ1) is 10.3. The molecule has 1 N–H and O–H groups in total. The number of fused-ring (bicyclic) bond motifs is 2. The number of imidazole rings is 1. The minimum Gasteiger partial charge on any atom is -0.313 e. The van der Waals surface area contributed by atoms with Crippen molar-refractivity contribution in [3.8, 4) is 0 Å². The van der Waals surface area contributed by atoms with E-state index in [-0.39, 0.29) is 6.04 Å². The van der Waals surface area contributed by atoms with E-state index in [0.29, 0.717) is 0 Å². The SMILES string of the molecule is CNC(Cc1cn2ccsc2n1)c1cnn2ccncc12. The molecular formula is C14H14N6S. The standard InChI is InChI=1S/C14H14N6S/c1-15-12(6-10-9-19-4-5-21-14(19)18-10)11-7-17-20-3-2-16-8-13(11)20/h2-5,7-9,12,15H,6H2,1H3. The molecule has 4 aromatic rings. The monoisotopic (exact) mass is 298 g/mol. The highest BCUT2D eigenvalue weighted by molar-refractivity contribution is 7.15. The number of thiazole rings is 1. The Hall–Kier alpha value is -2.25. The van der Waals surface area contributed by atoms with Crippen LogP contribution in [-0.2, 0) is 6.42 Å². The second kappa shape index (κ2) is 4.94. The van der Waals surface area contributed by atoms with Gasteiger partial charge in [0, 0.05) is 48.2 Å². The Morgan fingerprint density at radius 3 is 3.14 bits per heavy atom. The Kier molecular flexibility index (Phi) is 2.94. The van der Waals surface area contributed by atoms with E-state index in [1.807, 2.05) is 41.7 Å². The number of hydrogen-bond donors (Lipinski definition) is 1. The van der Waals surface area contributed by atoms with Gasteiger partial charge in [0.2, 0.25) is 0 Å². The van der Waals surface area contributed by atoms with Crippen molar-refractivity contribution < 1.29 is 0 Å². The summed E-state index contributed by atoms with van der Waals surface area (Å²) < 4.78 is 3.91. The van der Waals surface area contributed by atoms with E-state index in [1.54, 1.807) is 17.5 Å². The van der Waals surface area contributed by atoms with Crippen LogP contribution in [0.15, 0.2) is 42.6 Å². The fourth-order valence-electron chi connectivity index (χ4n) is 2.57. The minimum atomic E-state index is 0.163. The predicted octanol–water partition coefficient (Wildman–Crippen LogP) is 1.94. The molecule has 0 amide bonds. The molecule has 1 atom stereocenters. The van der Waals surface area contributed by atoms with Crippen LogP contribution in [0.4, 0.5) is 0 Å². The summed E-state index contributed by atoms with van der Waals surface area (Å²) in [6, 6.07) is 0.163. The summed E-state index contributed by atoms with van der Waals surface area (Å²) in [4.78, 5) is 9.87. The third kappa shape index (κ3) is 2.10. The molecule has 0 aliphatic heterocycles. The topological polar surface area (TPSA) is 59.5 Å². The van der Waals surface area contributed by atoms with E-state index in [4.69, 9.17) is 0 Å². The number of rotatable bonds is 4. The highest BCUT2D eigenvalue weighted by Gasteiger charge is 2.17. The van der Waals surface area contributed by atoms with Crippen LogP contribution in [0.1, 0.15) is 17.3 Å². The molecule has 4 heterocycles. The highest BCUT2D eigenvalue weighted by Crippen LogP contribution is 2.22. The van der Waals surface area contributed by atoms with Crippen LogP contribution in [0, 0.1) is 0 Å². The van der Waals surface area contributed by atoms with E-state index in [1.165, 1.54) is 0 Å². The van der Waals surface area contributed by atoms with Gasteiger partial charge in [-0.1, -0.05) is 0 Å². The summed E-state index contributed by atoms with van der Waals surface area (Å²) >= 11 is 1.65. The second-order valence-electron chi connectivity index (χ2n) is 4.88. The molecule has 4 rings (SSSR count). The maximum absolute atomic E-state index is 4.65. The zero-order valence-corrected chi connectivity index (χ0v) is 12.3. The van der Waals surface area contributed by atoms with Gasteiger partial charge in [0.1, 0.15) is 0 Å². The van der Waals surface area contributed by atoms with Crippen molar-refractivity contribution >= 4 is 21.8 Å². The van der Waals surface area contributed by atoms with Crippen molar-refractivity contribution in [2.75, 3.05) is 7.05 Å². The van der Waals surface area contributed by atoms with Crippen molar-refractivity contribution in [3.63, 3.8) is 0 Å². The third-order valence-corrected chi connectivity index (χ3v) is 4.41. The lowest BCUT2D eigenvalue weighted by Gasteiger charge is -2.13. The molecule has 0 saturated heterocycles. The van der Waals surface area contributed by atoms with E-state index in [9.17, 15) is 0 Å². The molecule has 1 unspecified atom stereocenters. The normalized spacial score (nSPS) is 13.2. The molecule has 21 heavy (non-hydrogen) atoms. The van der Waals surface area contributed by atoms with Crippen molar-refractivity contribution in [2.45, 2.75) is 12.5 Å². The first-order valence-electron chi connectivity index (χ1n) is 6.71. The first-order valence-corrected chi connectivity index (χ1v) is 7.58. The second-order valence-corrected chi connectivity index (χ2v) is 5.75. The van der Waals surface area contributed by atoms with E-state index in [0.717, 1.165) is 28.2 Å². The molecule has 0 aliphatic rings. The van der Waals surface area contributed by atoms with Gasteiger partial charge < -0.3 is 5.32 Å². The Morgan fingerprint density at radius 2 is 2.29 bits per heavy atom. The molecule has 4 aromatic heterocycles. The number of likely N-dealkylation sites (N-methyl/N-ethyl adjacent to an activating group) is 1. The smallest absolute Gasteiger partial charge is 0.193 e. The first kappa shape index (κ1) is 12.5. The van der Waals surface area contributed by atoms with Gasteiger partial charge in [0.05, 0.1) is 23.6 Å². The van der Waals surface area contributed by atoms with Gasteiger partial charge in [-0.15, -0.1) is 11.3 Å². The Morgan fingerprint density at radius 1 is 1.33 bits per heavy atom. The van der Waals surface area contributed by atoms with Gasteiger partial charge in [-0.2, -0.15) is 5.10 Å². The van der Waals surface area contributed by atoms with Crippen LogP contribution in [0.2, 0.25) is 0 Å². The molecule has 106 valence electrons. The fourth-order valence-corrected chi connectivity index (χ4v) is 3.29. The maximum Gasteiger partial charge on any atom is 0.193 e. The van der Waals surface area contributed by atoms with Crippen LogP contribution < -0.4 is 5.32 Å². The molecule has 7 heteroatoms.